The normalized spacial score (nSPS) is 12.7. The minimum atomic E-state index is -0.273. The van der Waals surface area contributed by atoms with Gasteiger partial charge < -0.3 is 10.8 Å². The molecule has 0 heterocycles. The average molecular weight is 215 g/mol. The molecule has 0 fully saturated rings. The fraction of sp³-hybridized carbons (Fsp3) is 0.917. The number of primary amides is 1. The Balaban J connectivity index is 3.18. The van der Waals surface area contributed by atoms with E-state index in [-0.39, 0.29) is 12.0 Å². The van der Waals surface area contributed by atoms with Crippen LogP contribution in [0.25, 0.3) is 0 Å². The van der Waals surface area contributed by atoms with Crippen LogP contribution in [0, 0.1) is 0 Å². The molecule has 0 saturated carbocycles. The van der Waals surface area contributed by atoms with Crippen LogP contribution in [0.4, 0.5) is 0 Å². The summed E-state index contributed by atoms with van der Waals surface area (Å²) in [6.45, 7) is 2.19. The van der Waals surface area contributed by atoms with Crippen molar-refractivity contribution in [3.05, 3.63) is 0 Å². The maximum Gasteiger partial charge on any atom is 0.217 e. The highest BCUT2D eigenvalue weighted by Crippen LogP contribution is 2.11. The molecular weight excluding hydrogens is 190 g/mol. The van der Waals surface area contributed by atoms with Crippen molar-refractivity contribution in [1.29, 1.82) is 0 Å². The van der Waals surface area contributed by atoms with Gasteiger partial charge in [0.2, 0.25) is 5.91 Å². The van der Waals surface area contributed by atoms with Crippen LogP contribution in [0.15, 0.2) is 0 Å². The van der Waals surface area contributed by atoms with Gasteiger partial charge in [-0.05, 0) is 19.3 Å². The first-order valence-corrected chi connectivity index (χ1v) is 6.13. The van der Waals surface area contributed by atoms with E-state index < -0.39 is 0 Å². The Hall–Kier alpha value is -0.570. The SMILES string of the molecule is CCCCCCCC(O)CCCC(N)=O. The van der Waals surface area contributed by atoms with Gasteiger partial charge >= 0.3 is 0 Å². The molecule has 0 aromatic carbocycles. The number of rotatable bonds is 10. The lowest BCUT2D eigenvalue weighted by Crippen LogP contribution is -2.12. The van der Waals surface area contributed by atoms with Crippen LogP contribution in [0.3, 0.4) is 0 Å². The molecule has 90 valence electrons. The summed E-state index contributed by atoms with van der Waals surface area (Å²) < 4.78 is 0. The van der Waals surface area contributed by atoms with Gasteiger partial charge in [0.25, 0.3) is 0 Å². The number of unbranched alkanes of at least 4 members (excludes halogenated alkanes) is 4. The van der Waals surface area contributed by atoms with Crippen LogP contribution in [-0.4, -0.2) is 17.1 Å². The predicted molar refractivity (Wildman–Crippen MR) is 62.4 cm³/mol. The fourth-order valence-corrected chi connectivity index (χ4v) is 1.64. The van der Waals surface area contributed by atoms with Gasteiger partial charge in [0.1, 0.15) is 0 Å². The molecule has 0 rings (SSSR count). The van der Waals surface area contributed by atoms with Crippen LogP contribution in [0.2, 0.25) is 0 Å². The molecule has 1 unspecified atom stereocenters. The smallest absolute Gasteiger partial charge is 0.217 e. The summed E-state index contributed by atoms with van der Waals surface area (Å²) in [5.41, 5.74) is 5.01. The number of nitrogens with two attached hydrogens (primary N) is 1. The fourth-order valence-electron chi connectivity index (χ4n) is 1.64. The van der Waals surface area contributed by atoms with Crippen LogP contribution < -0.4 is 5.73 Å². The molecule has 0 saturated heterocycles. The van der Waals surface area contributed by atoms with E-state index in [0.717, 1.165) is 12.8 Å². The van der Waals surface area contributed by atoms with E-state index in [1.807, 2.05) is 0 Å². The van der Waals surface area contributed by atoms with Crippen molar-refractivity contribution in [1.82, 2.24) is 0 Å². The quantitative estimate of drug-likeness (QED) is 0.549. The zero-order valence-electron chi connectivity index (χ0n) is 9.87. The van der Waals surface area contributed by atoms with E-state index in [9.17, 15) is 9.90 Å². The highest BCUT2D eigenvalue weighted by Gasteiger charge is 2.04. The van der Waals surface area contributed by atoms with Crippen LogP contribution >= 0.6 is 0 Å². The molecule has 3 nitrogen and oxygen atoms in total. The number of carbonyl (C=O) groups excluding carboxylic acids is 1. The molecular formula is C12H25NO2. The number of aliphatic hydroxyl groups excluding tert-OH is 1. The van der Waals surface area contributed by atoms with E-state index in [4.69, 9.17) is 5.73 Å². The van der Waals surface area contributed by atoms with E-state index in [2.05, 4.69) is 6.92 Å². The Morgan fingerprint density at radius 2 is 1.73 bits per heavy atom. The number of amides is 1. The monoisotopic (exact) mass is 215 g/mol. The summed E-state index contributed by atoms with van der Waals surface area (Å²) in [6, 6.07) is 0. The third-order valence-electron chi connectivity index (χ3n) is 2.60. The lowest BCUT2D eigenvalue weighted by atomic mass is 10.0. The number of hydrogen-bond acceptors (Lipinski definition) is 2. The van der Waals surface area contributed by atoms with Gasteiger partial charge in [-0.2, -0.15) is 0 Å². The van der Waals surface area contributed by atoms with Crippen LogP contribution in [0.5, 0.6) is 0 Å². The van der Waals surface area contributed by atoms with E-state index in [1.165, 1.54) is 25.7 Å². The first-order valence-electron chi connectivity index (χ1n) is 6.13. The number of carbonyl (C=O) groups is 1. The Labute approximate surface area is 93.0 Å². The van der Waals surface area contributed by atoms with Gasteiger partial charge in [0.15, 0.2) is 0 Å². The average Bonchev–Trinajstić information content (AvgIpc) is 2.17. The first-order chi connectivity index (χ1) is 7.16. The van der Waals surface area contributed by atoms with Crippen molar-refractivity contribution in [3.63, 3.8) is 0 Å². The van der Waals surface area contributed by atoms with E-state index in [1.54, 1.807) is 0 Å². The maximum atomic E-state index is 10.5. The van der Waals surface area contributed by atoms with Crippen LogP contribution in [0.1, 0.15) is 64.7 Å². The summed E-state index contributed by atoms with van der Waals surface area (Å²) in [5, 5.41) is 9.57. The predicted octanol–water partition coefficient (Wildman–Crippen LogP) is 2.36. The van der Waals surface area contributed by atoms with Gasteiger partial charge in [-0.15, -0.1) is 0 Å². The zero-order valence-corrected chi connectivity index (χ0v) is 9.87. The summed E-state index contributed by atoms with van der Waals surface area (Å²) >= 11 is 0. The maximum absolute atomic E-state index is 10.5. The molecule has 0 radical (unpaired) electrons. The zero-order chi connectivity index (χ0) is 11.5. The van der Waals surface area contributed by atoms with Gasteiger partial charge in [-0.3, -0.25) is 4.79 Å². The van der Waals surface area contributed by atoms with Gasteiger partial charge in [-0.1, -0.05) is 39.0 Å². The summed E-state index contributed by atoms with van der Waals surface area (Å²) in [7, 11) is 0. The number of hydrogen-bond donors (Lipinski definition) is 2. The highest BCUT2D eigenvalue weighted by molar-refractivity contribution is 5.73. The molecule has 3 N–H and O–H groups in total. The topological polar surface area (TPSA) is 63.3 Å². The lowest BCUT2D eigenvalue weighted by Gasteiger charge is -2.09. The van der Waals surface area contributed by atoms with Gasteiger partial charge in [0, 0.05) is 6.42 Å². The molecule has 0 aliphatic heterocycles. The molecule has 1 atom stereocenters. The largest absolute Gasteiger partial charge is 0.393 e. The molecule has 3 heteroatoms. The second kappa shape index (κ2) is 9.97. The summed E-state index contributed by atoms with van der Waals surface area (Å²) in [4.78, 5) is 10.5. The third kappa shape index (κ3) is 11.4. The molecule has 1 amide bonds. The molecule has 15 heavy (non-hydrogen) atoms. The molecule has 0 spiro atoms. The van der Waals surface area contributed by atoms with Crippen molar-refractivity contribution in [3.8, 4) is 0 Å². The van der Waals surface area contributed by atoms with Crippen molar-refractivity contribution < 1.29 is 9.90 Å². The van der Waals surface area contributed by atoms with E-state index in [0.29, 0.717) is 19.3 Å². The van der Waals surface area contributed by atoms with Crippen molar-refractivity contribution in [2.45, 2.75) is 70.8 Å². The second-order valence-electron chi connectivity index (χ2n) is 4.22. The summed E-state index contributed by atoms with van der Waals surface area (Å²) in [6.07, 6.45) is 8.55. The minimum absolute atomic E-state index is 0.244. The second-order valence-corrected chi connectivity index (χ2v) is 4.22. The Morgan fingerprint density at radius 1 is 1.13 bits per heavy atom. The Kier molecular flexibility index (Phi) is 9.59. The first kappa shape index (κ1) is 14.4. The van der Waals surface area contributed by atoms with Crippen molar-refractivity contribution >= 4 is 5.91 Å². The highest BCUT2D eigenvalue weighted by atomic mass is 16.3. The van der Waals surface area contributed by atoms with E-state index >= 15 is 0 Å². The van der Waals surface area contributed by atoms with Crippen LogP contribution in [-0.2, 0) is 4.79 Å². The minimum Gasteiger partial charge on any atom is -0.393 e. The molecule has 0 bridgehead atoms. The standard InChI is InChI=1S/C12H25NO2/c1-2-3-4-5-6-8-11(14)9-7-10-12(13)15/h11,14H,2-10H2,1H3,(H2,13,15). The Bertz CT molecular complexity index is 160. The summed E-state index contributed by atoms with van der Waals surface area (Å²) in [5.74, 6) is -0.273. The van der Waals surface area contributed by atoms with Crippen molar-refractivity contribution in [2.75, 3.05) is 0 Å². The third-order valence-corrected chi connectivity index (χ3v) is 2.60. The van der Waals surface area contributed by atoms with Gasteiger partial charge in [-0.25, -0.2) is 0 Å². The molecule has 0 aromatic rings. The Morgan fingerprint density at radius 3 is 2.33 bits per heavy atom. The molecule has 0 aliphatic rings. The molecule has 0 aromatic heterocycles. The lowest BCUT2D eigenvalue weighted by molar-refractivity contribution is -0.118. The van der Waals surface area contributed by atoms with Gasteiger partial charge in [0.05, 0.1) is 6.10 Å². The number of aliphatic hydroxyl groups is 1. The molecule has 0 aliphatic carbocycles. The van der Waals surface area contributed by atoms with Crippen molar-refractivity contribution in [2.24, 2.45) is 5.73 Å².